The Morgan fingerprint density at radius 2 is 2.00 bits per heavy atom. The Labute approximate surface area is 95.6 Å². The van der Waals surface area contributed by atoms with Gasteiger partial charge in [-0.15, -0.1) is 0 Å². The molecule has 0 saturated heterocycles. The van der Waals surface area contributed by atoms with Gasteiger partial charge in [0.2, 0.25) is 0 Å². The Morgan fingerprint density at radius 1 is 1.33 bits per heavy atom. The van der Waals surface area contributed by atoms with E-state index in [4.69, 9.17) is 8.85 Å². The van der Waals surface area contributed by atoms with Gasteiger partial charge in [-0.1, -0.05) is 19.8 Å². The molecule has 1 aliphatic rings. The second-order valence-corrected chi connectivity index (χ2v) is 8.12. The molecule has 1 saturated carbocycles. The molecule has 2 atom stereocenters. The zero-order chi connectivity index (χ0) is 11.3. The van der Waals surface area contributed by atoms with Crippen LogP contribution in [0.5, 0.6) is 0 Å². The Hall–Kier alpha value is 0.137. The van der Waals surface area contributed by atoms with Crippen LogP contribution >= 0.6 is 0 Å². The van der Waals surface area contributed by atoms with Crippen molar-refractivity contribution >= 4 is 8.56 Å². The predicted molar refractivity (Wildman–Crippen MR) is 66.2 cm³/mol. The molecule has 0 radical (unpaired) electrons. The van der Waals surface area contributed by atoms with Crippen LogP contribution < -0.4 is 0 Å². The molecule has 2 unspecified atom stereocenters. The second kappa shape index (κ2) is 6.02. The quantitative estimate of drug-likeness (QED) is 0.592. The van der Waals surface area contributed by atoms with Crippen LogP contribution in [0.15, 0.2) is 0 Å². The van der Waals surface area contributed by atoms with Gasteiger partial charge in [0, 0.05) is 12.7 Å². The zero-order valence-electron chi connectivity index (χ0n) is 10.7. The van der Waals surface area contributed by atoms with E-state index in [2.05, 4.69) is 27.3 Å². The molecular formula is C12H26O2Si. The standard InChI is InChI=1S/C12H26O2Si/c1-5-7-10-15(4,13-6-2)14-11(3)12-8-9-12/h11-12H,5-10H2,1-4H3. The summed E-state index contributed by atoms with van der Waals surface area (Å²) in [6.45, 7) is 9.54. The van der Waals surface area contributed by atoms with Gasteiger partial charge in [0.05, 0.1) is 0 Å². The van der Waals surface area contributed by atoms with E-state index in [1.165, 1.54) is 25.7 Å². The molecule has 0 heterocycles. The van der Waals surface area contributed by atoms with Gasteiger partial charge in [-0.3, -0.25) is 0 Å². The number of hydrogen-bond acceptors (Lipinski definition) is 2. The fourth-order valence-corrected chi connectivity index (χ4v) is 4.94. The summed E-state index contributed by atoms with van der Waals surface area (Å²) >= 11 is 0. The number of hydrogen-bond donors (Lipinski definition) is 0. The van der Waals surface area contributed by atoms with Crippen molar-refractivity contribution in [3.05, 3.63) is 0 Å². The first-order chi connectivity index (χ1) is 7.11. The zero-order valence-corrected chi connectivity index (χ0v) is 11.7. The first kappa shape index (κ1) is 13.2. The van der Waals surface area contributed by atoms with Gasteiger partial charge in [0.25, 0.3) is 0 Å². The third-order valence-electron chi connectivity index (χ3n) is 3.16. The summed E-state index contributed by atoms with van der Waals surface area (Å²) in [5.74, 6) is 0.818. The molecule has 0 spiro atoms. The summed E-state index contributed by atoms with van der Waals surface area (Å²) in [5, 5.41) is 0. The summed E-state index contributed by atoms with van der Waals surface area (Å²) in [5.41, 5.74) is 0. The summed E-state index contributed by atoms with van der Waals surface area (Å²) < 4.78 is 12.1. The fourth-order valence-electron chi connectivity index (χ4n) is 2.02. The average molecular weight is 230 g/mol. The number of unbranched alkanes of at least 4 members (excludes halogenated alkanes) is 1. The van der Waals surface area contributed by atoms with Crippen molar-refractivity contribution in [2.75, 3.05) is 6.61 Å². The first-order valence-corrected chi connectivity index (χ1v) is 8.95. The average Bonchev–Trinajstić information content (AvgIpc) is 2.98. The topological polar surface area (TPSA) is 18.5 Å². The SMILES string of the molecule is CCCC[Si](C)(OCC)OC(C)C1CC1. The largest absolute Gasteiger partial charge is 0.395 e. The van der Waals surface area contributed by atoms with E-state index in [0.29, 0.717) is 6.10 Å². The Balaban J connectivity index is 2.38. The first-order valence-electron chi connectivity index (χ1n) is 6.43. The predicted octanol–water partition coefficient (Wildman–Crippen LogP) is 3.71. The molecule has 0 N–H and O–H groups in total. The molecule has 0 bridgehead atoms. The van der Waals surface area contributed by atoms with Crippen LogP contribution in [0.25, 0.3) is 0 Å². The smallest absolute Gasteiger partial charge is 0.335 e. The molecule has 1 fully saturated rings. The third kappa shape index (κ3) is 4.66. The van der Waals surface area contributed by atoms with E-state index in [-0.39, 0.29) is 0 Å². The van der Waals surface area contributed by atoms with Crippen LogP contribution in [0.4, 0.5) is 0 Å². The lowest BCUT2D eigenvalue weighted by Gasteiger charge is -2.30. The van der Waals surface area contributed by atoms with Crippen molar-refractivity contribution in [1.82, 2.24) is 0 Å². The molecule has 0 aromatic rings. The lowest BCUT2D eigenvalue weighted by Crippen LogP contribution is -2.42. The van der Waals surface area contributed by atoms with Gasteiger partial charge < -0.3 is 8.85 Å². The van der Waals surface area contributed by atoms with Gasteiger partial charge >= 0.3 is 8.56 Å². The minimum Gasteiger partial charge on any atom is -0.395 e. The normalized spacial score (nSPS) is 22.4. The monoisotopic (exact) mass is 230 g/mol. The van der Waals surface area contributed by atoms with E-state index >= 15 is 0 Å². The highest BCUT2D eigenvalue weighted by molar-refractivity contribution is 6.66. The highest BCUT2D eigenvalue weighted by Crippen LogP contribution is 2.36. The summed E-state index contributed by atoms with van der Waals surface area (Å²) in [6.07, 6.45) is 5.60. The molecule has 3 heteroatoms. The fraction of sp³-hybridized carbons (Fsp3) is 1.00. The highest BCUT2D eigenvalue weighted by atomic mass is 28.4. The summed E-state index contributed by atoms with van der Waals surface area (Å²) in [7, 11) is -1.86. The Kier molecular flexibility index (Phi) is 5.30. The Morgan fingerprint density at radius 3 is 2.47 bits per heavy atom. The van der Waals surface area contributed by atoms with Crippen molar-refractivity contribution in [1.29, 1.82) is 0 Å². The van der Waals surface area contributed by atoms with Crippen LogP contribution in [-0.2, 0) is 8.85 Å². The van der Waals surface area contributed by atoms with Crippen LogP contribution in [-0.4, -0.2) is 21.3 Å². The van der Waals surface area contributed by atoms with E-state index < -0.39 is 8.56 Å². The third-order valence-corrected chi connectivity index (χ3v) is 6.19. The maximum absolute atomic E-state index is 6.22. The van der Waals surface area contributed by atoms with Crippen molar-refractivity contribution in [2.45, 2.75) is 65.1 Å². The van der Waals surface area contributed by atoms with Gasteiger partial charge in [-0.2, -0.15) is 0 Å². The molecule has 0 aliphatic heterocycles. The lowest BCUT2D eigenvalue weighted by molar-refractivity contribution is 0.116. The van der Waals surface area contributed by atoms with Gasteiger partial charge in [-0.05, 0) is 45.2 Å². The number of rotatable bonds is 8. The van der Waals surface area contributed by atoms with Crippen molar-refractivity contribution in [3.63, 3.8) is 0 Å². The van der Waals surface area contributed by atoms with Crippen molar-refractivity contribution in [2.24, 2.45) is 5.92 Å². The molecule has 0 aromatic heterocycles. The van der Waals surface area contributed by atoms with E-state index in [1.807, 2.05) is 0 Å². The van der Waals surface area contributed by atoms with Crippen molar-refractivity contribution < 1.29 is 8.85 Å². The molecule has 0 aromatic carbocycles. The lowest BCUT2D eigenvalue weighted by atomic mass is 10.3. The summed E-state index contributed by atoms with van der Waals surface area (Å²) in [4.78, 5) is 0. The van der Waals surface area contributed by atoms with Crippen LogP contribution in [0.2, 0.25) is 12.6 Å². The highest BCUT2D eigenvalue weighted by Gasteiger charge is 2.37. The van der Waals surface area contributed by atoms with E-state index in [9.17, 15) is 0 Å². The molecule has 90 valence electrons. The molecule has 1 rings (SSSR count). The molecule has 0 amide bonds. The molecule has 1 aliphatic carbocycles. The molecular weight excluding hydrogens is 204 g/mol. The minimum absolute atomic E-state index is 0.421. The van der Waals surface area contributed by atoms with Crippen LogP contribution in [0.1, 0.15) is 46.5 Å². The van der Waals surface area contributed by atoms with Crippen molar-refractivity contribution in [3.8, 4) is 0 Å². The minimum atomic E-state index is -1.86. The van der Waals surface area contributed by atoms with Crippen LogP contribution in [0, 0.1) is 5.92 Å². The van der Waals surface area contributed by atoms with Gasteiger partial charge in [-0.25, -0.2) is 0 Å². The van der Waals surface area contributed by atoms with Crippen LogP contribution in [0.3, 0.4) is 0 Å². The van der Waals surface area contributed by atoms with Gasteiger partial charge in [0.15, 0.2) is 0 Å². The maximum atomic E-state index is 6.22. The second-order valence-electron chi connectivity index (χ2n) is 4.83. The summed E-state index contributed by atoms with van der Waals surface area (Å²) in [6, 6.07) is 1.15. The van der Waals surface area contributed by atoms with E-state index in [0.717, 1.165) is 18.6 Å². The maximum Gasteiger partial charge on any atom is 0.335 e. The van der Waals surface area contributed by atoms with Gasteiger partial charge in [0.1, 0.15) is 0 Å². The Bertz CT molecular complexity index is 182. The molecule has 15 heavy (non-hydrogen) atoms. The van der Waals surface area contributed by atoms with E-state index in [1.54, 1.807) is 0 Å². The molecule has 2 nitrogen and oxygen atoms in total.